The number of hydroxylamine groups is 1. The van der Waals surface area contributed by atoms with E-state index in [1.54, 1.807) is 13.2 Å². The molecule has 0 aliphatic heterocycles. The van der Waals surface area contributed by atoms with Gasteiger partial charge in [-0.15, -0.1) is 0 Å². The molecule has 0 spiro atoms. The van der Waals surface area contributed by atoms with Gasteiger partial charge in [-0.2, -0.15) is 0 Å². The van der Waals surface area contributed by atoms with Gasteiger partial charge in [0.05, 0.1) is 13.2 Å². The fourth-order valence-corrected chi connectivity index (χ4v) is 1.94. The number of rotatable bonds is 5. The Morgan fingerprint density at radius 1 is 1.41 bits per heavy atom. The Morgan fingerprint density at radius 3 is 2.71 bits per heavy atom. The summed E-state index contributed by atoms with van der Waals surface area (Å²) in [5, 5.41) is 9.27. The van der Waals surface area contributed by atoms with Gasteiger partial charge in [0.25, 0.3) is 0 Å². The van der Waals surface area contributed by atoms with Crippen molar-refractivity contribution in [2.45, 2.75) is 31.9 Å². The summed E-state index contributed by atoms with van der Waals surface area (Å²) in [5.41, 5.74) is 2.87. The largest absolute Gasteiger partial charge is 0.493 e. The number of benzene rings is 1. The van der Waals surface area contributed by atoms with E-state index in [4.69, 9.17) is 26.3 Å². The number of nitrogens with one attached hydrogen (secondary N) is 1. The molecule has 1 saturated carbocycles. The van der Waals surface area contributed by atoms with Crippen LogP contribution < -0.4 is 15.0 Å². The van der Waals surface area contributed by atoms with E-state index in [9.17, 15) is 0 Å². The average molecular weight is 258 g/mol. The van der Waals surface area contributed by atoms with Crippen LogP contribution in [0.1, 0.15) is 24.8 Å². The SMILES string of the molecule is COc1cc(Cl)c(CNO)cc1OC1CCC1. The van der Waals surface area contributed by atoms with Gasteiger partial charge in [-0.25, -0.2) is 5.48 Å². The number of ether oxygens (including phenoxy) is 2. The van der Waals surface area contributed by atoms with Crippen LogP contribution in [-0.2, 0) is 6.54 Å². The summed E-state index contributed by atoms with van der Waals surface area (Å²) < 4.78 is 11.1. The molecule has 17 heavy (non-hydrogen) atoms. The summed E-state index contributed by atoms with van der Waals surface area (Å²) in [6, 6.07) is 3.52. The monoisotopic (exact) mass is 257 g/mol. The van der Waals surface area contributed by atoms with Crippen LogP contribution in [0.25, 0.3) is 0 Å². The third-order valence-corrected chi connectivity index (χ3v) is 3.30. The lowest BCUT2D eigenvalue weighted by Gasteiger charge is -2.27. The van der Waals surface area contributed by atoms with Gasteiger partial charge < -0.3 is 14.7 Å². The Morgan fingerprint density at radius 2 is 2.18 bits per heavy atom. The topological polar surface area (TPSA) is 50.7 Å². The molecule has 4 nitrogen and oxygen atoms in total. The van der Waals surface area contributed by atoms with Gasteiger partial charge in [0.2, 0.25) is 0 Å². The quantitative estimate of drug-likeness (QED) is 0.797. The Balaban J connectivity index is 2.22. The summed E-state index contributed by atoms with van der Waals surface area (Å²) in [6.45, 7) is 0.282. The van der Waals surface area contributed by atoms with Crippen molar-refractivity contribution in [1.29, 1.82) is 0 Å². The van der Waals surface area contributed by atoms with Gasteiger partial charge in [-0.3, -0.25) is 0 Å². The van der Waals surface area contributed by atoms with Gasteiger partial charge in [-0.05, 0) is 30.9 Å². The summed E-state index contributed by atoms with van der Waals surface area (Å²) >= 11 is 6.06. The molecule has 0 aromatic heterocycles. The van der Waals surface area contributed by atoms with E-state index in [1.165, 1.54) is 6.42 Å². The summed E-state index contributed by atoms with van der Waals surface area (Å²) in [4.78, 5) is 0. The molecular weight excluding hydrogens is 242 g/mol. The average Bonchev–Trinajstić information content (AvgIpc) is 2.27. The predicted octanol–water partition coefficient (Wildman–Crippen LogP) is 2.76. The highest BCUT2D eigenvalue weighted by atomic mass is 35.5. The first-order valence-corrected chi connectivity index (χ1v) is 6.02. The lowest BCUT2D eigenvalue weighted by molar-refractivity contribution is 0.115. The van der Waals surface area contributed by atoms with Crippen molar-refractivity contribution >= 4 is 11.6 Å². The zero-order valence-electron chi connectivity index (χ0n) is 9.70. The van der Waals surface area contributed by atoms with Gasteiger partial charge in [-0.1, -0.05) is 11.6 Å². The highest BCUT2D eigenvalue weighted by Gasteiger charge is 2.21. The molecule has 0 saturated heterocycles. The summed E-state index contributed by atoms with van der Waals surface area (Å²) in [6.07, 6.45) is 3.66. The van der Waals surface area contributed by atoms with Gasteiger partial charge >= 0.3 is 0 Å². The van der Waals surface area contributed by atoms with Crippen LogP contribution in [-0.4, -0.2) is 18.4 Å². The van der Waals surface area contributed by atoms with Crippen LogP contribution in [0.3, 0.4) is 0 Å². The smallest absolute Gasteiger partial charge is 0.162 e. The highest BCUT2D eigenvalue weighted by molar-refractivity contribution is 6.31. The van der Waals surface area contributed by atoms with Crippen molar-refractivity contribution in [3.05, 3.63) is 22.7 Å². The first-order valence-electron chi connectivity index (χ1n) is 5.64. The van der Waals surface area contributed by atoms with Crippen LogP contribution in [0.4, 0.5) is 0 Å². The molecule has 1 aromatic carbocycles. The first kappa shape index (κ1) is 12.5. The van der Waals surface area contributed by atoms with Crippen LogP contribution in [0.5, 0.6) is 11.5 Å². The third-order valence-electron chi connectivity index (χ3n) is 2.95. The minimum absolute atomic E-state index is 0.278. The molecule has 0 amide bonds. The van der Waals surface area contributed by atoms with E-state index in [1.807, 2.05) is 6.07 Å². The molecule has 1 aliphatic rings. The first-order chi connectivity index (χ1) is 8.24. The maximum absolute atomic E-state index is 8.72. The second kappa shape index (κ2) is 5.58. The van der Waals surface area contributed by atoms with E-state index in [0.717, 1.165) is 18.4 Å². The molecule has 0 heterocycles. The van der Waals surface area contributed by atoms with Crippen molar-refractivity contribution in [3.63, 3.8) is 0 Å². The number of methoxy groups -OCH3 is 1. The second-order valence-electron chi connectivity index (χ2n) is 4.10. The fourth-order valence-electron chi connectivity index (χ4n) is 1.72. The van der Waals surface area contributed by atoms with Gasteiger partial charge in [0.15, 0.2) is 11.5 Å². The molecule has 0 radical (unpaired) electrons. The van der Waals surface area contributed by atoms with E-state index < -0.39 is 0 Å². The van der Waals surface area contributed by atoms with E-state index in [-0.39, 0.29) is 12.6 Å². The lowest BCUT2D eigenvalue weighted by atomic mass is 9.96. The molecule has 5 heteroatoms. The van der Waals surface area contributed by atoms with E-state index in [0.29, 0.717) is 16.5 Å². The highest BCUT2D eigenvalue weighted by Crippen LogP contribution is 2.36. The molecule has 2 N–H and O–H groups in total. The zero-order chi connectivity index (χ0) is 12.3. The normalized spacial score (nSPS) is 15.5. The number of hydrogen-bond donors (Lipinski definition) is 2. The molecule has 1 aliphatic carbocycles. The Labute approximate surface area is 105 Å². The maximum Gasteiger partial charge on any atom is 0.162 e. The zero-order valence-corrected chi connectivity index (χ0v) is 10.5. The minimum Gasteiger partial charge on any atom is -0.493 e. The molecule has 0 bridgehead atoms. The Hall–Kier alpha value is -0.970. The molecule has 1 aromatic rings. The molecular formula is C12H16ClNO3. The van der Waals surface area contributed by atoms with Crippen molar-refractivity contribution in [3.8, 4) is 11.5 Å². The summed E-state index contributed by atoms with van der Waals surface area (Å²) in [7, 11) is 1.59. The van der Waals surface area contributed by atoms with Crippen molar-refractivity contribution < 1.29 is 14.7 Å². The van der Waals surface area contributed by atoms with Crippen LogP contribution in [0, 0.1) is 0 Å². The molecule has 94 valence electrons. The fraction of sp³-hybridized carbons (Fsp3) is 0.500. The van der Waals surface area contributed by atoms with E-state index in [2.05, 4.69) is 5.48 Å². The number of halogens is 1. The van der Waals surface area contributed by atoms with Crippen molar-refractivity contribution in [1.82, 2.24) is 5.48 Å². The summed E-state index contributed by atoms with van der Waals surface area (Å²) in [5.74, 6) is 1.32. The third kappa shape index (κ3) is 2.83. The minimum atomic E-state index is 0.278. The van der Waals surface area contributed by atoms with Crippen LogP contribution in [0.15, 0.2) is 12.1 Å². The van der Waals surface area contributed by atoms with Gasteiger partial charge in [0.1, 0.15) is 0 Å². The van der Waals surface area contributed by atoms with Crippen LogP contribution in [0.2, 0.25) is 5.02 Å². The molecule has 0 atom stereocenters. The van der Waals surface area contributed by atoms with E-state index >= 15 is 0 Å². The lowest BCUT2D eigenvalue weighted by Crippen LogP contribution is -2.24. The second-order valence-corrected chi connectivity index (χ2v) is 4.51. The predicted molar refractivity (Wildman–Crippen MR) is 64.9 cm³/mol. The maximum atomic E-state index is 8.72. The van der Waals surface area contributed by atoms with Crippen molar-refractivity contribution in [2.24, 2.45) is 0 Å². The molecule has 2 rings (SSSR count). The Kier molecular flexibility index (Phi) is 4.10. The van der Waals surface area contributed by atoms with Gasteiger partial charge in [0, 0.05) is 17.6 Å². The number of hydrogen-bond acceptors (Lipinski definition) is 4. The Bertz CT molecular complexity index is 394. The molecule has 1 fully saturated rings. The van der Waals surface area contributed by atoms with Crippen molar-refractivity contribution in [2.75, 3.05) is 7.11 Å². The van der Waals surface area contributed by atoms with Crippen LogP contribution >= 0.6 is 11.6 Å². The molecule has 0 unspecified atom stereocenters. The standard InChI is InChI=1S/C12H16ClNO3/c1-16-11-6-10(13)8(7-14-15)5-12(11)17-9-3-2-4-9/h5-6,9,14-15H,2-4,7H2,1H3.